The molecule has 0 spiro atoms. The highest BCUT2D eigenvalue weighted by Crippen LogP contribution is 2.38. The molecule has 0 aliphatic carbocycles. The van der Waals surface area contributed by atoms with E-state index in [0.717, 1.165) is 16.9 Å². The van der Waals surface area contributed by atoms with Gasteiger partial charge in [0, 0.05) is 5.56 Å². The van der Waals surface area contributed by atoms with Gasteiger partial charge in [-0.3, -0.25) is 0 Å². The van der Waals surface area contributed by atoms with Crippen LogP contribution in [0.1, 0.15) is 34.1 Å². The van der Waals surface area contributed by atoms with Crippen LogP contribution in [0.2, 0.25) is 6.32 Å². The number of hydrogen-bond donors (Lipinski definition) is 1. The second-order valence-electron chi connectivity index (χ2n) is 8.09. The maximum absolute atomic E-state index is 10.4. The Kier molecular flexibility index (Phi) is 5.94. The van der Waals surface area contributed by atoms with E-state index in [1.807, 2.05) is 70.2 Å². The van der Waals surface area contributed by atoms with E-state index < -0.39 is 6.10 Å². The van der Waals surface area contributed by atoms with Crippen molar-refractivity contribution < 1.29 is 19.2 Å². The molecule has 1 N–H and O–H groups in total. The van der Waals surface area contributed by atoms with Crippen molar-refractivity contribution in [3.63, 3.8) is 0 Å². The predicted octanol–water partition coefficient (Wildman–Crippen LogP) is 4.58. The van der Waals surface area contributed by atoms with Crippen LogP contribution in [0.5, 0.6) is 5.75 Å². The molecular formula is C22H29BO4. The van der Waals surface area contributed by atoms with Gasteiger partial charge < -0.3 is 19.2 Å². The molecule has 2 aromatic carbocycles. The average Bonchev–Trinajstić information content (AvgIpc) is 2.86. The smallest absolute Gasteiger partial charge is 0.457 e. The monoisotopic (exact) mass is 368 g/mol. The topological polar surface area (TPSA) is 47.9 Å². The fourth-order valence-electron chi connectivity index (χ4n) is 3.13. The van der Waals surface area contributed by atoms with Crippen molar-refractivity contribution in [3.05, 3.63) is 54.6 Å². The lowest BCUT2D eigenvalue weighted by molar-refractivity contribution is 0.00578. The van der Waals surface area contributed by atoms with E-state index >= 15 is 0 Å². The van der Waals surface area contributed by atoms with Gasteiger partial charge in [0.15, 0.2) is 0 Å². The molecule has 1 fully saturated rings. The standard InChI is InChI=1S/C22H29BO4/c1-21(2)22(3,4)27-23(26-21)15-14-18(24)16-25-20-13-9-8-12-19(20)17-10-6-5-7-11-17/h5-13,18,24H,14-16H2,1-4H3. The minimum absolute atomic E-state index is 0.239. The molecule has 2 aromatic rings. The molecule has 0 saturated carbocycles. The normalized spacial score (nSPS) is 19.1. The van der Waals surface area contributed by atoms with Gasteiger partial charge in [0.25, 0.3) is 0 Å². The highest BCUT2D eigenvalue weighted by molar-refractivity contribution is 6.45. The molecule has 1 aliphatic rings. The highest BCUT2D eigenvalue weighted by Gasteiger charge is 2.50. The lowest BCUT2D eigenvalue weighted by atomic mass is 9.82. The van der Waals surface area contributed by atoms with E-state index in [1.54, 1.807) is 0 Å². The van der Waals surface area contributed by atoms with Crippen molar-refractivity contribution in [1.82, 2.24) is 0 Å². The average molecular weight is 368 g/mol. The fraction of sp³-hybridized carbons (Fsp3) is 0.455. The van der Waals surface area contributed by atoms with Gasteiger partial charge >= 0.3 is 7.12 Å². The van der Waals surface area contributed by atoms with E-state index in [0.29, 0.717) is 12.7 Å². The zero-order chi connectivity index (χ0) is 19.5. The van der Waals surface area contributed by atoms with Crippen molar-refractivity contribution in [2.24, 2.45) is 0 Å². The second-order valence-corrected chi connectivity index (χ2v) is 8.09. The Balaban J connectivity index is 1.53. The van der Waals surface area contributed by atoms with Crippen LogP contribution in [0.15, 0.2) is 54.6 Å². The molecule has 0 bridgehead atoms. The quantitative estimate of drug-likeness (QED) is 0.727. The zero-order valence-electron chi connectivity index (χ0n) is 16.6. The maximum Gasteiger partial charge on any atom is 0.457 e. The molecule has 144 valence electrons. The van der Waals surface area contributed by atoms with Crippen LogP contribution in [0.25, 0.3) is 11.1 Å². The van der Waals surface area contributed by atoms with Gasteiger partial charge in [-0.15, -0.1) is 0 Å². The summed E-state index contributed by atoms with van der Waals surface area (Å²) in [6.07, 6.45) is 0.620. The number of ether oxygens (including phenoxy) is 1. The first-order chi connectivity index (χ1) is 12.8. The molecule has 0 amide bonds. The Morgan fingerprint density at radius 2 is 1.52 bits per heavy atom. The van der Waals surface area contributed by atoms with Crippen LogP contribution in [0.4, 0.5) is 0 Å². The van der Waals surface area contributed by atoms with Gasteiger partial charge in [-0.05, 0) is 52.1 Å². The molecule has 1 heterocycles. The summed E-state index contributed by atoms with van der Waals surface area (Å²) >= 11 is 0. The summed E-state index contributed by atoms with van der Waals surface area (Å²) < 4.78 is 17.9. The first-order valence-electron chi connectivity index (χ1n) is 9.59. The summed E-state index contributed by atoms with van der Waals surface area (Å²) in [4.78, 5) is 0. The Hall–Kier alpha value is -1.82. The number of aliphatic hydroxyl groups excluding tert-OH is 1. The van der Waals surface area contributed by atoms with Crippen molar-refractivity contribution in [1.29, 1.82) is 0 Å². The molecule has 5 heteroatoms. The van der Waals surface area contributed by atoms with Crippen LogP contribution < -0.4 is 4.74 Å². The first-order valence-corrected chi connectivity index (χ1v) is 9.59. The number of aliphatic hydroxyl groups is 1. The van der Waals surface area contributed by atoms with Crippen LogP contribution in [0.3, 0.4) is 0 Å². The van der Waals surface area contributed by atoms with Gasteiger partial charge in [-0.25, -0.2) is 0 Å². The van der Waals surface area contributed by atoms with Gasteiger partial charge in [0.2, 0.25) is 0 Å². The van der Waals surface area contributed by atoms with Crippen LogP contribution in [-0.2, 0) is 9.31 Å². The van der Waals surface area contributed by atoms with E-state index in [1.165, 1.54) is 0 Å². The Morgan fingerprint density at radius 1 is 0.926 bits per heavy atom. The lowest BCUT2D eigenvalue weighted by Gasteiger charge is -2.32. The molecule has 3 rings (SSSR count). The molecule has 0 aromatic heterocycles. The maximum atomic E-state index is 10.4. The molecular weight excluding hydrogens is 339 g/mol. The van der Waals surface area contributed by atoms with Crippen molar-refractivity contribution in [3.8, 4) is 16.9 Å². The number of benzene rings is 2. The van der Waals surface area contributed by atoms with Crippen LogP contribution >= 0.6 is 0 Å². The first kappa shape index (κ1) is 19.9. The molecule has 4 nitrogen and oxygen atoms in total. The molecule has 1 unspecified atom stereocenters. The van der Waals surface area contributed by atoms with Crippen molar-refractivity contribution in [2.45, 2.75) is 57.7 Å². The lowest BCUT2D eigenvalue weighted by Crippen LogP contribution is -2.41. The van der Waals surface area contributed by atoms with E-state index in [4.69, 9.17) is 14.0 Å². The third-order valence-electron chi connectivity index (χ3n) is 5.44. The summed E-state index contributed by atoms with van der Waals surface area (Å²) in [5, 5.41) is 10.4. The molecule has 27 heavy (non-hydrogen) atoms. The number of para-hydroxylation sites is 1. The van der Waals surface area contributed by atoms with Crippen LogP contribution in [0, 0.1) is 0 Å². The molecule has 1 aliphatic heterocycles. The van der Waals surface area contributed by atoms with Gasteiger partial charge in [-0.1, -0.05) is 48.5 Å². The minimum Gasteiger partial charge on any atom is -0.490 e. The third kappa shape index (κ3) is 4.73. The summed E-state index contributed by atoms with van der Waals surface area (Å²) in [7, 11) is -0.291. The predicted molar refractivity (Wildman–Crippen MR) is 109 cm³/mol. The number of hydrogen-bond acceptors (Lipinski definition) is 4. The number of rotatable bonds is 7. The molecule has 0 radical (unpaired) electrons. The molecule has 1 saturated heterocycles. The van der Waals surface area contributed by atoms with E-state index in [2.05, 4.69) is 12.1 Å². The van der Waals surface area contributed by atoms with Crippen LogP contribution in [-0.4, -0.2) is 36.1 Å². The van der Waals surface area contributed by atoms with E-state index in [9.17, 15) is 5.11 Å². The van der Waals surface area contributed by atoms with Gasteiger partial charge in [0.05, 0.1) is 17.3 Å². The summed E-state index contributed by atoms with van der Waals surface area (Å²) in [6, 6.07) is 18.0. The van der Waals surface area contributed by atoms with Crippen molar-refractivity contribution in [2.75, 3.05) is 6.61 Å². The Morgan fingerprint density at radius 3 is 2.19 bits per heavy atom. The summed E-state index contributed by atoms with van der Waals surface area (Å²) in [5.41, 5.74) is 1.44. The van der Waals surface area contributed by atoms with Gasteiger partial charge in [0.1, 0.15) is 12.4 Å². The zero-order valence-corrected chi connectivity index (χ0v) is 16.6. The van der Waals surface area contributed by atoms with Gasteiger partial charge in [-0.2, -0.15) is 0 Å². The third-order valence-corrected chi connectivity index (χ3v) is 5.44. The SMILES string of the molecule is CC1(C)OB(CCC(O)COc2ccccc2-c2ccccc2)OC1(C)C. The Bertz CT molecular complexity index is 729. The largest absolute Gasteiger partial charge is 0.490 e. The minimum atomic E-state index is -0.576. The fourth-order valence-corrected chi connectivity index (χ4v) is 3.13. The summed E-state index contributed by atoms with van der Waals surface area (Å²) in [5.74, 6) is 0.776. The van der Waals surface area contributed by atoms with Crippen molar-refractivity contribution >= 4 is 7.12 Å². The highest BCUT2D eigenvalue weighted by atomic mass is 16.7. The summed E-state index contributed by atoms with van der Waals surface area (Å²) in [6.45, 7) is 8.38. The van der Waals surface area contributed by atoms with E-state index in [-0.39, 0.29) is 24.9 Å². The Labute approximate surface area is 162 Å². The second kappa shape index (κ2) is 8.05. The molecule has 1 atom stereocenters.